The lowest BCUT2D eigenvalue weighted by atomic mass is 9.83. The van der Waals surface area contributed by atoms with E-state index in [2.05, 4.69) is 35.4 Å². The van der Waals surface area contributed by atoms with Crippen LogP contribution in [0.1, 0.15) is 50.6 Å². The SMILES string of the molecule is CCC1CCCCC1n1nnnc1-c1c(C)cccc1N. The minimum atomic E-state index is 0.396. The molecule has 5 heteroatoms. The summed E-state index contributed by atoms with van der Waals surface area (Å²) in [6, 6.07) is 6.34. The first kappa shape index (κ1) is 14.0. The number of nitrogen functional groups attached to an aromatic ring is 1. The van der Waals surface area contributed by atoms with Gasteiger partial charge in [0, 0.05) is 11.3 Å². The maximum Gasteiger partial charge on any atom is 0.184 e. The summed E-state index contributed by atoms with van der Waals surface area (Å²) in [5.41, 5.74) is 9.01. The van der Waals surface area contributed by atoms with Gasteiger partial charge in [0.1, 0.15) is 0 Å². The zero-order valence-corrected chi connectivity index (χ0v) is 12.8. The van der Waals surface area contributed by atoms with Crippen LogP contribution in [-0.2, 0) is 0 Å². The van der Waals surface area contributed by atoms with E-state index in [9.17, 15) is 0 Å². The summed E-state index contributed by atoms with van der Waals surface area (Å²) >= 11 is 0. The number of nitrogens with two attached hydrogens (primary N) is 1. The number of nitrogens with zero attached hydrogens (tertiary/aromatic N) is 4. The lowest BCUT2D eigenvalue weighted by molar-refractivity contribution is 0.216. The van der Waals surface area contributed by atoms with Gasteiger partial charge in [-0.25, -0.2) is 4.68 Å². The smallest absolute Gasteiger partial charge is 0.184 e. The molecule has 1 fully saturated rings. The van der Waals surface area contributed by atoms with Crippen molar-refractivity contribution in [2.24, 2.45) is 5.92 Å². The number of tetrazole rings is 1. The van der Waals surface area contributed by atoms with Gasteiger partial charge in [-0.2, -0.15) is 0 Å². The van der Waals surface area contributed by atoms with Gasteiger partial charge in [-0.05, 0) is 47.7 Å². The van der Waals surface area contributed by atoms with E-state index in [1.54, 1.807) is 0 Å². The van der Waals surface area contributed by atoms with E-state index in [1.807, 2.05) is 16.8 Å². The second-order valence-electron chi connectivity index (χ2n) is 6.01. The van der Waals surface area contributed by atoms with Crippen LogP contribution in [0.5, 0.6) is 0 Å². The van der Waals surface area contributed by atoms with Crippen molar-refractivity contribution in [2.75, 3.05) is 5.73 Å². The number of anilines is 1. The molecule has 0 aliphatic heterocycles. The molecule has 5 nitrogen and oxygen atoms in total. The van der Waals surface area contributed by atoms with Gasteiger partial charge in [-0.3, -0.25) is 0 Å². The third kappa shape index (κ3) is 2.52. The summed E-state index contributed by atoms with van der Waals surface area (Å²) in [6.45, 7) is 4.32. The Kier molecular flexibility index (Phi) is 3.90. The first-order chi connectivity index (χ1) is 10.2. The maximum atomic E-state index is 6.17. The number of hydrogen-bond donors (Lipinski definition) is 1. The fourth-order valence-electron chi connectivity index (χ4n) is 3.56. The summed E-state index contributed by atoms with van der Waals surface area (Å²) in [4.78, 5) is 0. The number of aryl methyl sites for hydroxylation is 1. The normalized spacial score (nSPS) is 22.4. The molecular formula is C16H23N5. The predicted molar refractivity (Wildman–Crippen MR) is 83.7 cm³/mol. The topological polar surface area (TPSA) is 69.6 Å². The third-order valence-corrected chi connectivity index (χ3v) is 4.73. The van der Waals surface area contributed by atoms with Gasteiger partial charge >= 0.3 is 0 Å². The molecule has 112 valence electrons. The Morgan fingerprint density at radius 3 is 2.86 bits per heavy atom. The van der Waals surface area contributed by atoms with Crippen LogP contribution in [0.25, 0.3) is 11.4 Å². The van der Waals surface area contributed by atoms with Crippen molar-refractivity contribution in [3.05, 3.63) is 23.8 Å². The molecule has 0 saturated heterocycles. The quantitative estimate of drug-likeness (QED) is 0.878. The van der Waals surface area contributed by atoms with Crippen molar-refractivity contribution in [1.29, 1.82) is 0 Å². The molecule has 3 rings (SSSR count). The van der Waals surface area contributed by atoms with Gasteiger partial charge in [-0.15, -0.1) is 5.10 Å². The van der Waals surface area contributed by atoms with Crippen molar-refractivity contribution < 1.29 is 0 Å². The van der Waals surface area contributed by atoms with Gasteiger partial charge in [0.15, 0.2) is 5.82 Å². The molecule has 0 radical (unpaired) electrons. The number of aromatic nitrogens is 4. The van der Waals surface area contributed by atoms with Gasteiger partial charge in [-0.1, -0.05) is 38.3 Å². The number of hydrogen-bond acceptors (Lipinski definition) is 4. The Morgan fingerprint density at radius 2 is 2.10 bits per heavy atom. The predicted octanol–water partition coefficient (Wildman–Crippen LogP) is 3.37. The van der Waals surface area contributed by atoms with E-state index in [-0.39, 0.29) is 0 Å². The molecule has 0 spiro atoms. The standard InChI is InChI=1S/C16H23N5/c1-3-12-8-4-5-10-14(12)21-16(18-19-20-21)15-11(2)7-6-9-13(15)17/h6-7,9,12,14H,3-5,8,10,17H2,1-2H3. The van der Waals surface area contributed by atoms with Crippen LogP contribution in [0.4, 0.5) is 5.69 Å². The molecule has 1 aliphatic carbocycles. The minimum Gasteiger partial charge on any atom is -0.398 e. The Bertz CT molecular complexity index is 599. The van der Waals surface area contributed by atoms with Crippen LogP contribution >= 0.6 is 0 Å². The van der Waals surface area contributed by atoms with Gasteiger partial charge in [0.05, 0.1) is 6.04 Å². The fraction of sp³-hybridized carbons (Fsp3) is 0.562. The molecule has 1 aliphatic rings. The van der Waals surface area contributed by atoms with E-state index in [0.717, 1.165) is 29.1 Å². The van der Waals surface area contributed by atoms with Crippen molar-refractivity contribution >= 4 is 5.69 Å². The zero-order valence-electron chi connectivity index (χ0n) is 12.8. The van der Waals surface area contributed by atoms with Crippen LogP contribution in [0.3, 0.4) is 0 Å². The Hall–Kier alpha value is -1.91. The molecule has 2 aromatic rings. The van der Waals surface area contributed by atoms with Crippen molar-refractivity contribution in [1.82, 2.24) is 20.2 Å². The molecular weight excluding hydrogens is 262 g/mol. The highest BCUT2D eigenvalue weighted by Gasteiger charge is 2.29. The molecule has 2 N–H and O–H groups in total. The lowest BCUT2D eigenvalue weighted by Crippen LogP contribution is -2.24. The summed E-state index contributed by atoms with van der Waals surface area (Å²) in [5.74, 6) is 1.47. The third-order valence-electron chi connectivity index (χ3n) is 4.73. The van der Waals surface area contributed by atoms with E-state index in [0.29, 0.717) is 12.0 Å². The molecule has 0 bridgehead atoms. The summed E-state index contributed by atoms with van der Waals surface area (Å²) in [7, 11) is 0. The molecule has 2 unspecified atom stereocenters. The van der Waals surface area contributed by atoms with Gasteiger partial charge in [0.2, 0.25) is 0 Å². The van der Waals surface area contributed by atoms with Gasteiger partial charge < -0.3 is 5.73 Å². The highest BCUT2D eigenvalue weighted by Crippen LogP contribution is 2.38. The average molecular weight is 285 g/mol. The largest absolute Gasteiger partial charge is 0.398 e. The summed E-state index contributed by atoms with van der Waals surface area (Å²) in [6.07, 6.45) is 6.17. The number of rotatable bonds is 3. The molecule has 1 aromatic heterocycles. The van der Waals surface area contributed by atoms with Crippen molar-refractivity contribution in [3.8, 4) is 11.4 Å². The molecule has 0 amide bonds. The van der Waals surface area contributed by atoms with Gasteiger partial charge in [0.25, 0.3) is 0 Å². The summed E-state index contributed by atoms with van der Waals surface area (Å²) < 4.78 is 2.02. The molecule has 1 heterocycles. The van der Waals surface area contributed by atoms with E-state index < -0.39 is 0 Å². The van der Waals surface area contributed by atoms with E-state index >= 15 is 0 Å². The first-order valence-corrected chi connectivity index (χ1v) is 7.85. The highest BCUT2D eigenvalue weighted by atomic mass is 15.6. The molecule has 21 heavy (non-hydrogen) atoms. The Morgan fingerprint density at radius 1 is 1.29 bits per heavy atom. The first-order valence-electron chi connectivity index (χ1n) is 7.85. The second kappa shape index (κ2) is 5.84. The van der Waals surface area contributed by atoms with E-state index in [1.165, 1.54) is 25.7 Å². The monoisotopic (exact) mass is 285 g/mol. The fourth-order valence-corrected chi connectivity index (χ4v) is 3.56. The van der Waals surface area contributed by atoms with Crippen LogP contribution in [0.2, 0.25) is 0 Å². The zero-order chi connectivity index (χ0) is 14.8. The average Bonchev–Trinajstić information content (AvgIpc) is 2.96. The van der Waals surface area contributed by atoms with Crippen LogP contribution in [0, 0.1) is 12.8 Å². The molecule has 1 saturated carbocycles. The van der Waals surface area contributed by atoms with E-state index in [4.69, 9.17) is 5.73 Å². The highest BCUT2D eigenvalue weighted by molar-refractivity contribution is 5.74. The molecule has 2 atom stereocenters. The van der Waals surface area contributed by atoms with Crippen molar-refractivity contribution in [3.63, 3.8) is 0 Å². The Labute approximate surface area is 125 Å². The molecule has 1 aromatic carbocycles. The summed E-state index contributed by atoms with van der Waals surface area (Å²) in [5, 5.41) is 12.5. The van der Waals surface area contributed by atoms with Crippen LogP contribution in [0.15, 0.2) is 18.2 Å². The maximum absolute atomic E-state index is 6.17. The number of benzene rings is 1. The van der Waals surface area contributed by atoms with Crippen LogP contribution < -0.4 is 5.73 Å². The van der Waals surface area contributed by atoms with Crippen molar-refractivity contribution in [2.45, 2.75) is 52.0 Å². The Balaban J connectivity index is 2.05. The lowest BCUT2D eigenvalue weighted by Gasteiger charge is -2.31. The minimum absolute atomic E-state index is 0.396. The van der Waals surface area contributed by atoms with Crippen LogP contribution in [-0.4, -0.2) is 20.2 Å². The second-order valence-corrected chi connectivity index (χ2v) is 6.01.